The Morgan fingerprint density at radius 1 is 0.656 bits per heavy atom. The molecule has 0 unspecified atom stereocenters. The van der Waals surface area contributed by atoms with E-state index in [9.17, 15) is 4.79 Å². The molecule has 2 heterocycles. The molecular weight excluding hydrogens is 400 g/mol. The SMILES string of the molecule is CCOc1ccc(-c2cc(C(=O)c3ccnc(-c4ccc(OCC)cc4)c3)ccn2)cc1. The summed E-state index contributed by atoms with van der Waals surface area (Å²) in [5.74, 6) is 1.54. The summed E-state index contributed by atoms with van der Waals surface area (Å²) in [5.41, 5.74) is 4.47. The Kier molecular flexibility index (Phi) is 6.56. The minimum atomic E-state index is -0.0748. The van der Waals surface area contributed by atoms with Crippen LogP contribution in [0.4, 0.5) is 0 Å². The van der Waals surface area contributed by atoms with E-state index in [1.165, 1.54) is 0 Å². The van der Waals surface area contributed by atoms with Gasteiger partial charge in [0.15, 0.2) is 5.78 Å². The summed E-state index contributed by atoms with van der Waals surface area (Å²) in [7, 11) is 0. The van der Waals surface area contributed by atoms with Crippen LogP contribution in [0.25, 0.3) is 22.5 Å². The second-order valence-electron chi connectivity index (χ2n) is 7.10. The van der Waals surface area contributed by atoms with Crippen molar-refractivity contribution in [2.45, 2.75) is 13.8 Å². The number of pyridine rings is 2. The van der Waals surface area contributed by atoms with Crippen molar-refractivity contribution in [1.82, 2.24) is 9.97 Å². The molecule has 0 aliphatic carbocycles. The molecule has 0 N–H and O–H groups in total. The lowest BCUT2D eigenvalue weighted by atomic mass is 10.0. The van der Waals surface area contributed by atoms with Gasteiger partial charge in [0.1, 0.15) is 11.5 Å². The maximum atomic E-state index is 13.2. The van der Waals surface area contributed by atoms with Crippen LogP contribution in [0.15, 0.2) is 85.2 Å². The number of carbonyl (C=O) groups is 1. The van der Waals surface area contributed by atoms with Crippen molar-refractivity contribution >= 4 is 5.78 Å². The highest BCUT2D eigenvalue weighted by Gasteiger charge is 2.13. The molecule has 2 aromatic carbocycles. The van der Waals surface area contributed by atoms with Crippen LogP contribution in [0.5, 0.6) is 11.5 Å². The fourth-order valence-electron chi connectivity index (χ4n) is 3.40. The number of ketones is 1. The molecule has 32 heavy (non-hydrogen) atoms. The summed E-state index contributed by atoms with van der Waals surface area (Å²) in [6, 6.07) is 22.5. The molecule has 4 aromatic rings. The summed E-state index contributed by atoms with van der Waals surface area (Å²) in [6.45, 7) is 5.13. The summed E-state index contributed by atoms with van der Waals surface area (Å²) < 4.78 is 11.0. The molecule has 2 aromatic heterocycles. The Morgan fingerprint density at radius 2 is 1.06 bits per heavy atom. The van der Waals surface area contributed by atoms with Gasteiger partial charge < -0.3 is 9.47 Å². The van der Waals surface area contributed by atoms with Gasteiger partial charge in [0.05, 0.1) is 24.6 Å². The maximum absolute atomic E-state index is 13.2. The fraction of sp³-hybridized carbons (Fsp3) is 0.148. The van der Waals surface area contributed by atoms with Gasteiger partial charge in [-0.1, -0.05) is 0 Å². The Morgan fingerprint density at radius 3 is 1.44 bits per heavy atom. The van der Waals surface area contributed by atoms with Gasteiger partial charge in [0.2, 0.25) is 0 Å². The van der Waals surface area contributed by atoms with E-state index in [-0.39, 0.29) is 5.78 Å². The van der Waals surface area contributed by atoms with Crippen molar-refractivity contribution in [2.24, 2.45) is 0 Å². The van der Waals surface area contributed by atoms with Gasteiger partial charge in [0, 0.05) is 34.6 Å². The quantitative estimate of drug-likeness (QED) is 0.333. The highest BCUT2D eigenvalue weighted by molar-refractivity contribution is 6.09. The number of ether oxygens (including phenoxy) is 2. The zero-order valence-corrected chi connectivity index (χ0v) is 18.1. The Bertz CT molecular complexity index is 1110. The van der Waals surface area contributed by atoms with Gasteiger partial charge in [-0.15, -0.1) is 0 Å². The highest BCUT2D eigenvalue weighted by Crippen LogP contribution is 2.25. The molecular formula is C27H24N2O3. The second kappa shape index (κ2) is 9.88. The lowest BCUT2D eigenvalue weighted by Crippen LogP contribution is -2.03. The van der Waals surface area contributed by atoms with Crippen LogP contribution < -0.4 is 9.47 Å². The third-order valence-corrected chi connectivity index (χ3v) is 4.97. The van der Waals surface area contributed by atoms with E-state index in [1.54, 1.807) is 24.5 Å². The molecule has 0 fully saturated rings. The van der Waals surface area contributed by atoms with Crippen LogP contribution in [0.3, 0.4) is 0 Å². The predicted octanol–water partition coefficient (Wildman–Crippen LogP) is 5.84. The van der Waals surface area contributed by atoms with Gasteiger partial charge in [-0.25, -0.2) is 0 Å². The molecule has 0 saturated heterocycles. The smallest absolute Gasteiger partial charge is 0.193 e. The molecule has 5 nitrogen and oxygen atoms in total. The van der Waals surface area contributed by atoms with Crippen LogP contribution in [-0.4, -0.2) is 29.0 Å². The van der Waals surface area contributed by atoms with E-state index >= 15 is 0 Å². The van der Waals surface area contributed by atoms with Gasteiger partial charge in [-0.2, -0.15) is 0 Å². The van der Waals surface area contributed by atoms with Gasteiger partial charge in [-0.05, 0) is 86.6 Å². The summed E-state index contributed by atoms with van der Waals surface area (Å²) in [4.78, 5) is 22.1. The van der Waals surface area contributed by atoms with Crippen LogP contribution in [-0.2, 0) is 0 Å². The van der Waals surface area contributed by atoms with Crippen molar-refractivity contribution in [1.29, 1.82) is 0 Å². The van der Waals surface area contributed by atoms with Crippen LogP contribution in [0.1, 0.15) is 29.8 Å². The standard InChI is InChI=1S/C27H24N2O3/c1-3-31-23-9-5-19(6-10-23)25-17-21(13-15-28-25)27(30)22-14-16-29-26(18-22)20-7-11-24(12-8-20)32-4-2/h5-18H,3-4H2,1-2H3. The normalized spacial score (nSPS) is 10.6. The zero-order chi connectivity index (χ0) is 22.3. The van der Waals surface area contributed by atoms with Crippen molar-refractivity contribution in [3.05, 3.63) is 96.3 Å². The highest BCUT2D eigenvalue weighted by atomic mass is 16.5. The van der Waals surface area contributed by atoms with E-state index in [0.29, 0.717) is 24.3 Å². The van der Waals surface area contributed by atoms with Gasteiger partial charge in [0.25, 0.3) is 0 Å². The predicted molar refractivity (Wildman–Crippen MR) is 125 cm³/mol. The molecule has 0 spiro atoms. The van der Waals surface area contributed by atoms with E-state index in [4.69, 9.17) is 9.47 Å². The lowest BCUT2D eigenvalue weighted by Gasteiger charge is -2.08. The molecule has 0 saturated carbocycles. The van der Waals surface area contributed by atoms with Gasteiger partial charge in [-0.3, -0.25) is 14.8 Å². The number of nitrogens with zero attached hydrogens (tertiary/aromatic N) is 2. The first kappa shape index (κ1) is 21.2. The second-order valence-corrected chi connectivity index (χ2v) is 7.10. The zero-order valence-electron chi connectivity index (χ0n) is 18.1. The number of carbonyl (C=O) groups excluding carboxylic acids is 1. The molecule has 0 aliphatic heterocycles. The fourth-order valence-corrected chi connectivity index (χ4v) is 3.40. The monoisotopic (exact) mass is 424 g/mol. The number of aromatic nitrogens is 2. The largest absolute Gasteiger partial charge is 0.494 e. The molecule has 4 rings (SSSR count). The number of benzene rings is 2. The molecule has 0 atom stereocenters. The van der Waals surface area contributed by atoms with Crippen molar-refractivity contribution in [3.8, 4) is 34.0 Å². The summed E-state index contributed by atoms with van der Waals surface area (Å²) in [6.07, 6.45) is 3.32. The third kappa shape index (κ3) is 4.83. The third-order valence-electron chi connectivity index (χ3n) is 4.97. The van der Waals surface area contributed by atoms with Crippen LogP contribution in [0, 0.1) is 0 Å². The number of rotatable bonds is 8. The Balaban J connectivity index is 1.58. The molecule has 0 amide bonds. The van der Waals surface area contributed by atoms with Crippen LogP contribution >= 0.6 is 0 Å². The summed E-state index contributed by atoms with van der Waals surface area (Å²) in [5, 5.41) is 0. The molecule has 0 aliphatic rings. The maximum Gasteiger partial charge on any atom is 0.193 e. The number of hydrogen-bond acceptors (Lipinski definition) is 5. The molecule has 0 bridgehead atoms. The molecule has 160 valence electrons. The van der Waals surface area contributed by atoms with E-state index in [2.05, 4.69) is 9.97 Å². The van der Waals surface area contributed by atoms with Crippen LogP contribution in [0.2, 0.25) is 0 Å². The number of hydrogen-bond donors (Lipinski definition) is 0. The topological polar surface area (TPSA) is 61.3 Å². The van der Waals surface area contributed by atoms with E-state index in [1.807, 2.05) is 74.5 Å². The van der Waals surface area contributed by atoms with E-state index < -0.39 is 0 Å². The first-order valence-electron chi connectivity index (χ1n) is 10.6. The summed E-state index contributed by atoms with van der Waals surface area (Å²) >= 11 is 0. The minimum absolute atomic E-state index is 0.0748. The minimum Gasteiger partial charge on any atom is -0.494 e. The van der Waals surface area contributed by atoms with Crippen molar-refractivity contribution in [2.75, 3.05) is 13.2 Å². The van der Waals surface area contributed by atoms with Crippen molar-refractivity contribution < 1.29 is 14.3 Å². The molecule has 0 radical (unpaired) electrons. The van der Waals surface area contributed by atoms with Gasteiger partial charge >= 0.3 is 0 Å². The first-order chi connectivity index (χ1) is 15.7. The average molecular weight is 425 g/mol. The Labute approximate surface area is 187 Å². The average Bonchev–Trinajstić information content (AvgIpc) is 2.85. The lowest BCUT2D eigenvalue weighted by molar-refractivity contribution is 0.103. The molecule has 5 heteroatoms. The van der Waals surface area contributed by atoms with E-state index in [0.717, 1.165) is 34.0 Å². The first-order valence-corrected chi connectivity index (χ1v) is 10.6. The van der Waals surface area contributed by atoms with Crippen molar-refractivity contribution in [3.63, 3.8) is 0 Å². The Hall–Kier alpha value is -3.99.